The van der Waals surface area contributed by atoms with Gasteiger partial charge in [0.15, 0.2) is 6.23 Å². The van der Waals surface area contributed by atoms with E-state index in [2.05, 4.69) is 11.4 Å². The second-order valence-corrected chi connectivity index (χ2v) is 8.16. The van der Waals surface area contributed by atoms with Crippen LogP contribution >= 0.6 is 0 Å². The summed E-state index contributed by atoms with van der Waals surface area (Å²) in [6.07, 6.45) is 6.09. The average molecular weight is 400 g/mol. The van der Waals surface area contributed by atoms with Crippen LogP contribution in [-0.2, 0) is 9.53 Å². The van der Waals surface area contributed by atoms with Crippen molar-refractivity contribution in [1.82, 2.24) is 9.78 Å². The second kappa shape index (κ2) is 7.92. The van der Waals surface area contributed by atoms with Crippen LogP contribution in [0.5, 0.6) is 0 Å². The first-order chi connectivity index (χ1) is 14.7. The smallest absolute Gasteiger partial charge is 0.227 e. The maximum absolute atomic E-state index is 12.4. The van der Waals surface area contributed by atoms with Gasteiger partial charge in [0.1, 0.15) is 5.69 Å². The van der Waals surface area contributed by atoms with Crippen LogP contribution in [-0.4, -0.2) is 22.3 Å². The van der Waals surface area contributed by atoms with E-state index in [4.69, 9.17) is 9.84 Å². The highest BCUT2D eigenvalue weighted by atomic mass is 16.5. The van der Waals surface area contributed by atoms with Gasteiger partial charge in [0, 0.05) is 29.2 Å². The summed E-state index contributed by atoms with van der Waals surface area (Å²) in [7, 11) is 0. The van der Waals surface area contributed by atoms with Crippen LogP contribution in [0.1, 0.15) is 50.3 Å². The molecule has 0 bridgehead atoms. The van der Waals surface area contributed by atoms with E-state index in [1.54, 1.807) is 0 Å². The third-order valence-corrected chi connectivity index (χ3v) is 6.14. The topological polar surface area (TPSA) is 79.9 Å². The number of fused-ring (bicyclic) bond motifs is 1. The molecule has 2 aliphatic rings. The van der Waals surface area contributed by atoms with Crippen molar-refractivity contribution in [3.8, 4) is 17.3 Å². The summed E-state index contributed by atoms with van der Waals surface area (Å²) in [6, 6.07) is 15.7. The zero-order valence-corrected chi connectivity index (χ0v) is 16.8. The van der Waals surface area contributed by atoms with Crippen molar-refractivity contribution in [1.29, 1.82) is 5.26 Å². The normalized spacial score (nSPS) is 19.2. The SMILES string of the molecule is N#Cc1ccc2c(c1)c(-c1cccc(NC(=O)C3CCC3)c1)nn2C1CCCCO1. The van der Waals surface area contributed by atoms with Gasteiger partial charge in [-0.1, -0.05) is 18.6 Å². The minimum atomic E-state index is -0.0931. The number of rotatable bonds is 4. The first-order valence-corrected chi connectivity index (χ1v) is 10.7. The Kier molecular flexibility index (Phi) is 4.97. The maximum atomic E-state index is 12.4. The molecule has 2 fully saturated rings. The van der Waals surface area contributed by atoms with E-state index in [0.29, 0.717) is 5.56 Å². The van der Waals surface area contributed by atoms with Gasteiger partial charge in [-0.2, -0.15) is 10.4 Å². The Labute approximate surface area is 175 Å². The molecule has 5 rings (SSSR count). The van der Waals surface area contributed by atoms with Crippen molar-refractivity contribution in [3.05, 3.63) is 48.0 Å². The largest absolute Gasteiger partial charge is 0.356 e. The number of ether oxygens (including phenoxy) is 1. The zero-order valence-electron chi connectivity index (χ0n) is 16.8. The number of nitrogens with zero attached hydrogens (tertiary/aromatic N) is 3. The molecule has 1 atom stereocenters. The van der Waals surface area contributed by atoms with Gasteiger partial charge in [0.25, 0.3) is 0 Å². The lowest BCUT2D eigenvalue weighted by molar-refractivity contribution is -0.122. The van der Waals surface area contributed by atoms with Crippen LogP contribution in [0.4, 0.5) is 5.69 Å². The van der Waals surface area contributed by atoms with Gasteiger partial charge < -0.3 is 10.1 Å². The third kappa shape index (κ3) is 3.46. The molecule has 1 unspecified atom stereocenters. The molecule has 1 N–H and O–H groups in total. The predicted octanol–water partition coefficient (Wildman–Crippen LogP) is 5.01. The molecule has 0 radical (unpaired) electrons. The highest BCUT2D eigenvalue weighted by molar-refractivity contribution is 5.97. The molecule has 152 valence electrons. The molecule has 2 heterocycles. The van der Waals surface area contributed by atoms with Gasteiger partial charge in [0.05, 0.1) is 17.1 Å². The first-order valence-electron chi connectivity index (χ1n) is 10.7. The van der Waals surface area contributed by atoms with Crippen LogP contribution < -0.4 is 5.32 Å². The number of benzene rings is 2. The van der Waals surface area contributed by atoms with E-state index in [-0.39, 0.29) is 18.1 Å². The Balaban J connectivity index is 1.55. The molecule has 1 aliphatic heterocycles. The van der Waals surface area contributed by atoms with Gasteiger partial charge in [0.2, 0.25) is 5.91 Å². The quantitative estimate of drug-likeness (QED) is 0.667. The number of carbonyl (C=O) groups excluding carboxylic acids is 1. The first kappa shape index (κ1) is 18.8. The molecule has 6 heteroatoms. The van der Waals surface area contributed by atoms with E-state index < -0.39 is 0 Å². The maximum Gasteiger partial charge on any atom is 0.227 e. The van der Waals surface area contributed by atoms with Crippen molar-refractivity contribution in [2.45, 2.75) is 44.8 Å². The summed E-state index contributed by atoms with van der Waals surface area (Å²) in [6.45, 7) is 0.736. The summed E-state index contributed by atoms with van der Waals surface area (Å²) in [4.78, 5) is 12.4. The van der Waals surface area contributed by atoms with Crippen molar-refractivity contribution in [3.63, 3.8) is 0 Å². The highest BCUT2D eigenvalue weighted by Gasteiger charge is 2.25. The van der Waals surface area contributed by atoms with Gasteiger partial charge >= 0.3 is 0 Å². The van der Waals surface area contributed by atoms with E-state index in [1.165, 1.54) is 0 Å². The Bertz CT molecular complexity index is 1130. The number of nitriles is 1. The van der Waals surface area contributed by atoms with Crippen LogP contribution in [0, 0.1) is 17.2 Å². The molecule has 6 nitrogen and oxygen atoms in total. The summed E-state index contributed by atoms with van der Waals surface area (Å²) in [5, 5.41) is 18.3. The minimum absolute atomic E-state index is 0.0931. The zero-order chi connectivity index (χ0) is 20.5. The van der Waals surface area contributed by atoms with Crippen molar-refractivity contribution in [2.24, 2.45) is 5.92 Å². The molecule has 1 saturated carbocycles. The monoisotopic (exact) mass is 400 g/mol. The van der Waals surface area contributed by atoms with Gasteiger partial charge in [-0.25, -0.2) is 4.68 Å². The van der Waals surface area contributed by atoms with Gasteiger partial charge in [-0.05, 0) is 62.4 Å². The fourth-order valence-corrected chi connectivity index (χ4v) is 4.22. The van der Waals surface area contributed by atoms with E-state index in [1.807, 2.05) is 47.1 Å². The number of hydrogen-bond donors (Lipinski definition) is 1. The highest BCUT2D eigenvalue weighted by Crippen LogP contribution is 2.34. The van der Waals surface area contributed by atoms with Crippen LogP contribution in [0.15, 0.2) is 42.5 Å². The number of nitrogens with one attached hydrogen (secondary N) is 1. The standard InChI is InChI=1S/C24H24N4O2/c25-15-16-10-11-21-20(13-16)23(27-28(21)22-9-1-2-12-30-22)18-7-4-8-19(14-18)26-24(29)17-5-3-6-17/h4,7-8,10-11,13-14,17,22H,1-3,5-6,9,12H2,(H,26,29). The van der Waals surface area contributed by atoms with Crippen molar-refractivity contribution in [2.75, 3.05) is 11.9 Å². The van der Waals surface area contributed by atoms with Gasteiger partial charge in [-0.15, -0.1) is 0 Å². The lowest BCUT2D eigenvalue weighted by Crippen LogP contribution is -2.27. The fourth-order valence-electron chi connectivity index (χ4n) is 4.22. The molecular formula is C24H24N4O2. The molecule has 0 spiro atoms. The van der Waals surface area contributed by atoms with Crippen LogP contribution in [0.25, 0.3) is 22.2 Å². The fraction of sp³-hybridized carbons (Fsp3) is 0.375. The summed E-state index contributed by atoms with van der Waals surface area (Å²) in [5.41, 5.74) is 4.05. The molecule has 3 aromatic rings. The molecule has 1 amide bonds. The summed E-state index contributed by atoms with van der Waals surface area (Å²) >= 11 is 0. The molecule has 1 aromatic heterocycles. The molecule has 1 aliphatic carbocycles. The van der Waals surface area contributed by atoms with Crippen molar-refractivity contribution >= 4 is 22.5 Å². The van der Waals surface area contributed by atoms with Crippen LogP contribution in [0.3, 0.4) is 0 Å². The van der Waals surface area contributed by atoms with Gasteiger partial charge in [-0.3, -0.25) is 4.79 Å². The van der Waals surface area contributed by atoms with Crippen molar-refractivity contribution < 1.29 is 9.53 Å². The summed E-state index contributed by atoms with van der Waals surface area (Å²) < 4.78 is 7.93. The van der Waals surface area contributed by atoms with E-state index in [0.717, 1.165) is 73.0 Å². The number of hydrogen-bond acceptors (Lipinski definition) is 4. The number of aromatic nitrogens is 2. The lowest BCUT2D eigenvalue weighted by Gasteiger charge is -2.24. The Morgan fingerprint density at radius 1 is 1.13 bits per heavy atom. The number of amides is 1. The minimum Gasteiger partial charge on any atom is -0.356 e. The average Bonchev–Trinajstić information content (AvgIpc) is 3.12. The Morgan fingerprint density at radius 3 is 2.77 bits per heavy atom. The lowest BCUT2D eigenvalue weighted by atomic mass is 9.85. The molecule has 1 saturated heterocycles. The number of anilines is 1. The third-order valence-electron chi connectivity index (χ3n) is 6.14. The second-order valence-electron chi connectivity index (χ2n) is 8.16. The van der Waals surface area contributed by atoms with Crippen LogP contribution in [0.2, 0.25) is 0 Å². The van der Waals surface area contributed by atoms with E-state index >= 15 is 0 Å². The molecule has 2 aromatic carbocycles. The predicted molar refractivity (Wildman–Crippen MR) is 115 cm³/mol. The molecular weight excluding hydrogens is 376 g/mol. The molecule has 30 heavy (non-hydrogen) atoms. The summed E-state index contributed by atoms with van der Waals surface area (Å²) in [5.74, 6) is 0.228. The number of carbonyl (C=O) groups is 1. The Hall–Kier alpha value is -3.17. The Morgan fingerprint density at radius 2 is 2.03 bits per heavy atom. The van der Waals surface area contributed by atoms with E-state index in [9.17, 15) is 10.1 Å².